The van der Waals surface area contributed by atoms with Gasteiger partial charge >= 0.3 is 0 Å². The van der Waals surface area contributed by atoms with E-state index in [0.29, 0.717) is 5.41 Å². The van der Waals surface area contributed by atoms with E-state index in [9.17, 15) is 0 Å². The summed E-state index contributed by atoms with van der Waals surface area (Å²) in [5.41, 5.74) is 0.407. The molecule has 1 rings (SSSR count). The second kappa shape index (κ2) is 7.80. The van der Waals surface area contributed by atoms with Crippen LogP contribution in [0.2, 0.25) is 0 Å². The highest BCUT2D eigenvalue weighted by molar-refractivity contribution is 5.13. The van der Waals surface area contributed by atoms with Crippen LogP contribution in [0.5, 0.6) is 0 Å². The quantitative estimate of drug-likeness (QED) is 0.558. The monoisotopic (exact) mass is 208 g/mol. The van der Waals surface area contributed by atoms with Crippen molar-refractivity contribution in [2.45, 2.75) is 73.1 Å². The average Bonchev–Trinajstić information content (AvgIpc) is 2.66. The summed E-state index contributed by atoms with van der Waals surface area (Å²) in [5, 5.41) is 0. The van der Waals surface area contributed by atoms with Crippen molar-refractivity contribution in [3.05, 3.63) is 0 Å². The van der Waals surface area contributed by atoms with Gasteiger partial charge in [0.2, 0.25) is 0 Å². The molecule has 1 saturated carbocycles. The van der Waals surface area contributed by atoms with Crippen molar-refractivity contribution in [2.75, 3.05) is 0 Å². The summed E-state index contributed by atoms with van der Waals surface area (Å²) in [6.07, 6.45) is 7.80. The third-order valence-electron chi connectivity index (χ3n) is 2.89. The van der Waals surface area contributed by atoms with Crippen LogP contribution in [0.4, 0.5) is 0 Å². The van der Waals surface area contributed by atoms with Gasteiger partial charge in [0.05, 0.1) is 0 Å². The first kappa shape index (κ1) is 14.6. The average molecular weight is 208 g/mol. The molecule has 0 atom stereocenters. The molecule has 0 aromatic heterocycles. The number of hydrogen-bond acceptors (Lipinski definition) is 0. The van der Waals surface area contributed by atoms with E-state index in [4.69, 9.17) is 0 Å². The number of rotatable bonds is 2. The molecular weight excluding hydrogens is 180 g/mol. The second-order valence-electron chi connectivity index (χ2n) is 4.74. The summed E-state index contributed by atoms with van der Waals surface area (Å²) >= 11 is 0. The summed E-state index contributed by atoms with van der Waals surface area (Å²) in [4.78, 5) is 0. The van der Waals surface area contributed by atoms with Gasteiger partial charge in [0.1, 0.15) is 0 Å². The van der Waals surface area contributed by atoms with Crippen molar-refractivity contribution < 1.29 is 0 Å². The molecule has 0 bridgehead atoms. The molecule has 15 heavy (non-hydrogen) atoms. The van der Waals surface area contributed by atoms with Crippen LogP contribution in [0.25, 0.3) is 0 Å². The Morgan fingerprint density at radius 3 is 2.07 bits per heavy atom. The Morgan fingerprint density at radius 2 is 1.67 bits per heavy atom. The SMILES string of the molecule is CC.CCC#CC1(CC(C)C)CCCC1. The molecule has 1 aliphatic rings. The first-order valence-corrected chi connectivity index (χ1v) is 6.68. The first-order valence-electron chi connectivity index (χ1n) is 6.68. The van der Waals surface area contributed by atoms with Gasteiger partial charge in [-0.2, -0.15) is 0 Å². The number of hydrogen-bond donors (Lipinski definition) is 0. The van der Waals surface area contributed by atoms with Gasteiger partial charge in [-0.15, -0.1) is 5.92 Å². The van der Waals surface area contributed by atoms with E-state index in [0.717, 1.165) is 12.3 Å². The molecule has 0 spiro atoms. The van der Waals surface area contributed by atoms with Gasteiger partial charge in [-0.3, -0.25) is 0 Å². The first-order chi connectivity index (χ1) is 7.18. The van der Waals surface area contributed by atoms with E-state index < -0.39 is 0 Å². The highest BCUT2D eigenvalue weighted by Gasteiger charge is 2.32. The third-order valence-corrected chi connectivity index (χ3v) is 2.89. The van der Waals surface area contributed by atoms with Gasteiger partial charge < -0.3 is 0 Å². The fourth-order valence-electron chi connectivity index (χ4n) is 2.49. The Bertz CT molecular complexity index is 196. The topological polar surface area (TPSA) is 0 Å². The van der Waals surface area contributed by atoms with Gasteiger partial charge in [-0.1, -0.05) is 53.4 Å². The largest absolute Gasteiger partial charge is 0.103 e. The van der Waals surface area contributed by atoms with Crippen molar-refractivity contribution >= 4 is 0 Å². The summed E-state index contributed by atoms with van der Waals surface area (Å²) in [6, 6.07) is 0. The molecule has 0 nitrogen and oxygen atoms in total. The van der Waals surface area contributed by atoms with Gasteiger partial charge in [0.25, 0.3) is 0 Å². The molecule has 1 aliphatic carbocycles. The molecule has 0 aliphatic heterocycles. The molecule has 0 amide bonds. The van der Waals surface area contributed by atoms with Crippen molar-refractivity contribution in [2.24, 2.45) is 11.3 Å². The summed E-state index contributed by atoms with van der Waals surface area (Å²) in [6.45, 7) is 10.8. The van der Waals surface area contributed by atoms with Gasteiger partial charge in [-0.25, -0.2) is 0 Å². The Kier molecular flexibility index (Phi) is 7.57. The summed E-state index contributed by atoms with van der Waals surface area (Å²) in [5.74, 6) is 7.61. The minimum Gasteiger partial charge on any atom is -0.103 e. The summed E-state index contributed by atoms with van der Waals surface area (Å²) < 4.78 is 0. The molecule has 0 aromatic carbocycles. The molecule has 0 aromatic rings. The van der Waals surface area contributed by atoms with Crippen molar-refractivity contribution in [1.29, 1.82) is 0 Å². The molecule has 0 heteroatoms. The molecular formula is C15H28. The van der Waals surface area contributed by atoms with Crippen molar-refractivity contribution in [1.82, 2.24) is 0 Å². The van der Waals surface area contributed by atoms with Gasteiger partial charge in [0.15, 0.2) is 0 Å². The highest BCUT2D eigenvalue weighted by Crippen LogP contribution is 2.42. The Morgan fingerprint density at radius 1 is 1.13 bits per heavy atom. The van der Waals surface area contributed by atoms with E-state index in [1.165, 1.54) is 32.1 Å². The zero-order valence-corrected chi connectivity index (χ0v) is 11.3. The Labute approximate surface area is 96.8 Å². The standard InChI is InChI=1S/C13H22.C2H6/c1-4-5-8-13(11-12(2)3)9-6-7-10-13;1-2/h12H,4,6-7,9-11H2,1-3H3;1-2H3. The molecule has 0 N–H and O–H groups in total. The van der Waals surface area contributed by atoms with E-state index in [2.05, 4.69) is 32.6 Å². The maximum absolute atomic E-state index is 3.53. The van der Waals surface area contributed by atoms with Crippen LogP contribution >= 0.6 is 0 Å². The van der Waals surface area contributed by atoms with Crippen molar-refractivity contribution in [3.8, 4) is 11.8 Å². The predicted molar refractivity (Wildman–Crippen MR) is 69.8 cm³/mol. The zero-order valence-electron chi connectivity index (χ0n) is 11.3. The third kappa shape index (κ3) is 5.26. The fourth-order valence-corrected chi connectivity index (χ4v) is 2.49. The van der Waals surface area contributed by atoms with E-state index in [1.807, 2.05) is 13.8 Å². The second-order valence-corrected chi connectivity index (χ2v) is 4.74. The molecule has 0 radical (unpaired) electrons. The molecule has 0 heterocycles. The van der Waals surface area contributed by atoms with E-state index in [-0.39, 0.29) is 0 Å². The molecule has 0 unspecified atom stereocenters. The van der Waals surface area contributed by atoms with Crippen LogP contribution in [0.15, 0.2) is 0 Å². The minimum absolute atomic E-state index is 0.407. The molecule has 1 fully saturated rings. The lowest BCUT2D eigenvalue weighted by molar-refractivity contribution is 0.325. The summed E-state index contributed by atoms with van der Waals surface area (Å²) in [7, 11) is 0. The maximum atomic E-state index is 3.53. The highest BCUT2D eigenvalue weighted by atomic mass is 14.3. The lowest BCUT2D eigenvalue weighted by atomic mass is 9.79. The van der Waals surface area contributed by atoms with Crippen LogP contribution in [0, 0.1) is 23.2 Å². The van der Waals surface area contributed by atoms with Crippen LogP contribution in [0.3, 0.4) is 0 Å². The fraction of sp³-hybridized carbons (Fsp3) is 0.867. The molecule has 0 saturated heterocycles. The van der Waals surface area contributed by atoms with Gasteiger partial charge in [0, 0.05) is 11.8 Å². The maximum Gasteiger partial charge on any atom is 0.0317 e. The lowest BCUT2D eigenvalue weighted by Crippen LogP contribution is -2.16. The van der Waals surface area contributed by atoms with Crippen LogP contribution < -0.4 is 0 Å². The molecule has 88 valence electrons. The van der Waals surface area contributed by atoms with Crippen LogP contribution in [0.1, 0.15) is 73.1 Å². The zero-order chi connectivity index (χ0) is 11.7. The van der Waals surface area contributed by atoms with E-state index in [1.54, 1.807) is 0 Å². The van der Waals surface area contributed by atoms with Crippen molar-refractivity contribution in [3.63, 3.8) is 0 Å². The Hall–Kier alpha value is -0.440. The van der Waals surface area contributed by atoms with Crippen LogP contribution in [-0.2, 0) is 0 Å². The van der Waals surface area contributed by atoms with Crippen LogP contribution in [-0.4, -0.2) is 0 Å². The smallest absolute Gasteiger partial charge is 0.0317 e. The van der Waals surface area contributed by atoms with E-state index >= 15 is 0 Å². The lowest BCUT2D eigenvalue weighted by Gasteiger charge is -2.24. The van der Waals surface area contributed by atoms with Gasteiger partial charge in [-0.05, 0) is 25.2 Å². The Balaban J connectivity index is 0.000000921. The predicted octanol–water partition coefficient (Wildman–Crippen LogP) is 5.03. The normalized spacial score (nSPS) is 17.7. The minimum atomic E-state index is 0.407.